The number of ether oxygens (including phenoxy) is 1. The zero-order chi connectivity index (χ0) is 15.5. The summed E-state index contributed by atoms with van der Waals surface area (Å²) in [5, 5.41) is 3.48. The number of amides is 1. The van der Waals surface area contributed by atoms with Crippen molar-refractivity contribution in [1.82, 2.24) is 10.2 Å². The SMILES string of the molecule is Cc1ccc(C[C@H]2CN(C(=O)OC(C)(C)C)CCN2)cc1. The Morgan fingerprint density at radius 1 is 1.33 bits per heavy atom. The first kappa shape index (κ1) is 15.8. The highest BCUT2D eigenvalue weighted by atomic mass is 16.6. The number of hydrogen-bond acceptors (Lipinski definition) is 3. The summed E-state index contributed by atoms with van der Waals surface area (Å²) in [5.41, 5.74) is 2.13. The zero-order valence-corrected chi connectivity index (χ0v) is 13.5. The van der Waals surface area contributed by atoms with E-state index in [2.05, 4.69) is 36.5 Å². The molecule has 1 atom stereocenters. The maximum atomic E-state index is 12.1. The van der Waals surface area contributed by atoms with Crippen molar-refractivity contribution in [3.63, 3.8) is 0 Å². The second-order valence-corrected chi connectivity index (χ2v) is 6.77. The van der Waals surface area contributed by atoms with Gasteiger partial charge in [-0.1, -0.05) is 29.8 Å². The second kappa shape index (κ2) is 6.48. The van der Waals surface area contributed by atoms with Gasteiger partial charge in [0.1, 0.15) is 5.60 Å². The third kappa shape index (κ3) is 5.05. The summed E-state index contributed by atoms with van der Waals surface area (Å²) < 4.78 is 5.45. The molecule has 0 aliphatic carbocycles. The largest absolute Gasteiger partial charge is 0.444 e. The van der Waals surface area contributed by atoms with Gasteiger partial charge in [0.25, 0.3) is 0 Å². The summed E-state index contributed by atoms with van der Waals surface area (Å²) in [6.45, 7) is 10.0. The fourth-order valence-electron chi connectivity index (χ4n) is 2.46. The molecule has 0 unspecified atom stereocenters. The minimum Gasteiger partial charge on any atom is -0.444 e. The van der Waals surface area contributed by atoms with Gasteiger partial charge in [-0.05, 0) is 39.7 Å². The van der Waals surface area contributed by atoms with Crippen LogP contribution in [0.4, 0.5) is 4.79 Å². The molecular weight excluding hydrogens is 264 g/mol. The quantitative estimate of drug-likeness (QED) is 0.910. The number of nitrogens with one attached hydrogen (secondary N) is 1. The third-order valence-corrected chi connectivity index (χ3v) is 3.51. The molecule has 4 heteroatoms. The van der Waals surface area contributed by atoms with Crippen LogP contribution < -0.4 is 5.32 Å². The molecule has 2 rings (SSSR count). The lowest BCUT2D eigenvalue weighted by Gasteiger charge is -2.35. The lowest BCUT2D eigenvalue weighted by Crippen LogP contribution is -2.54. The molecular formula is C17H26N2O2. The number of carbonyl (C=O) groups is 1. The standard InChI is InChI=1S/C17H26N2O2/c1-13-5-7-14(8-6-13)11-15-12-19(10-9-18-15)16(20)21-17(2,3)4/h5-8,15,18H,9-12H2,1-4H3/t15-/m0/s1. The Balaban J connectivity index is 1.91. The van der Waals surface area contributed by atoms with Crippen LogP contribution in [0, 0.1) is 6.92 Å². The lowest BCUT2D eigenvalue weighted by molar-refractivity contribution is 0.0195. The molecule has 0 bridgehead atoms. The molecule has 21 heavy (non-hydrogen) atoms. The monoisotopic (exact) mass is 290 g/mol. The van der Waals surface area contributed by atoms with Crippen LogP contribution in [0.15, 0.2) is 24.3 Å². The van der Waals surface area contributed by atoms with Gasteiger partial charge in [-0.15, -0.1) is 0 Å². The van der Waals surface area contributed by atoms with Crippen molar-refractivity contribution in [2.45, 2.75) is 45.8 Å². The lowest BCUT2D eigenvalue weighted by atomic mass is 10.0. The van der Waals surface area contributed by atoms with Crippen LogP contribution >= 0.6 is 0 Å². The second-order valence-electron chi connectivity index (χ2n) is 6.77. The average molecular weight is 290 g/mol. The van der Waals surface area contributed by atoms with E-state index in [9.17, 15) is 4.79 Å². The number of aryl methyl sites for hydroxylation is 1. The van der Waals surface area contributed by atoms with Crippen LogP contribution in [0.3, 0.4) is 0 Å². The van der Waals surface area contributed by atoms with Crippen LogP contribution in [0.5, 0.6) is 0 Å². The maximum Gasteiger partial charge on any atom is 0.410 e. The van der Waals surface area contributed by atoms with Gasteiger partial charge in [0.05, 0.1) is 0 Å². The number of hydrogen-bond donors (Lipinski definition) is 1. The van der Waals surface area contributed by atoms with Crippen molar-refractivity contribution in [2.75, 3.05) is 19.6 Å². The number of benzene rings is 1. The van der Waals surface area contributed by atoms with Gasteiger partial charge in [-0.3, -0.25) is 0 Å². The molecule has 1 heterocycles. The normalized spacial score (nSPS) is 19.4. The Hall–Kier alpha value is -1.55. The van der Waals surface area contributed by atoms with E-state index in [0.717, 1.165) is 13.0 Å². The predicted molar refractivity (Wildman–Crippen MR) is 84.5 cm³/mol. The fourth-order valence-corrected chi connectivity index (χ4v) is 2.46. The number of rotatable bonds is 2. The van der Waals surface area contributed by atoms with E-state index in [1.807, 2.05) is 20.8 Å². The molecule has 1 aliphatic rings. The highest BCUT2D eigenvalue weighted by molar-refractivity contribution is 5.68. The first-order chi connectivity index (χ1) is 9.83. The Morgan fingerprint density at radius 3 is 2.62 bits per heavy atom. The Labute approximate surface area is 127 Å². The van der Waals surface area contributed by atoms with Crippen LogP contribution in [-0.2, 0) is 11.2 Å². The van der Waals surface area contributed by atoms with Crippen molar-refractivity contribution in [3.05, 3.63) is 35.4 Å². The third-order valence-electron chi connectivity index (χ3n) is 3.51. The Kier molecular flexibility index (Phi) is 4.88. The van der Waals surface area contributed by atoms with Crippen molar-refractivity contribution in [2.24, 2.45) is 0 Å². The highest BCUT2D eigenvalue weighted by Gasteiger charge is 2.27. The van der Waals surface area contributed by atoms with Crippen LogP contribution in [-0.4, -0.2) is 42.3 Å². The van der Waals surface area contributed by atoms with Crippen molar-refractivity contribution < 1.29 is 9.53 Å². The number of piperazine rings is 1. The summed E-state index contributed by atoms with van der Waals surface area (Å²) in [4.78, 5) is 13.9. The summed E-state index contributed by atoms with van der Waals surface area (Å²) in [7, 11) is 0. The molecule has 116 valence electrons. The van der Waals surface area contributed by atoms with E-state index >= 15 is 0 Å². The minimum absolute atomic E-state index is 0.210. The van der Waals surface area contributed by atoms with Gasteiger partial charge in [-0.25, -0.2) is 4.79 Å². The molecule has 1 fully saturated rings. The fraction of sp³-hybridized carbons (Fsp3) is 0.588. The zero-order valence-electron chi connectivity index (χ0n) is 13.5. The first-order valence-electron chi connectivity index (χ1n) is 7.60. The van der Waals surface area contributed by atoms with Crippen LogP contribution in [0.2, 0.25) is 0 Å². The molecule has 1 amide bonds. The maximum absolute atomic E-state index is 12.1. The van der Waals surface area contributed by atoms with Gasteiger partial charge < -0.3 is 15.0 Å². The Morgan fingerprint density at radius 2 is 2.00 bits per heavy atom. The van der Waals surface area contributed by atoms with Crippen molar-refractivity contribution in [3.8, 4) is 0 Å². The average Bonchev–Trinajstić information content (AvgIpc) is 2.40. The van der Waals surface area contributed by atoms with Gasteiger partial charge in [0.2, 0.25) is 0 Å². The summed E-state index contributed by atoms with van der Waals surface area (Å²) >= 11 is 0. The molecule has 1 saturated heterocycles. The molecule has 1 N–H and O–H groups in total. The summed E-state index contributed by atoms with van der Waals surface area (Å²) in [5.74, 6) is 0. The van der Waals surface area contributed by atoms with E-state index in [4.69, 9.17) is 4.74 Å². The number of nitrogens with zero attached hydrogens (tertiary/aromatic N) is 1. The van der Waals surface area contributed by atoms with Crippen molar-refractivity contribution in [1.29, 1.82) is 0 Å². The number of carbonyl (C=O) groups excluding carboxylic acids is 1. The van der Waals surface area contributed by atoms with E-state index in [1.54, 1.807) is 4.90 Å². The van der Waals surface area contributed by atoms with Crippen LogP contribution in [0.25, 0.3) is 0 Å². The molecule has 1 aromatic carbocycles. The van der Waals surface area contributed by atoms with Gasteiger partial charge in [0, 0.05) is 25.7 Å². The van der Waals surface area contributed by atoms with Gasteiger partial charge in [0.15, 0.2) is 0 Å². The van der Waals surface area contributed by atoms with Gasteiger partial charge >= 0.3 is 6.09 Å². The Bertz CT molecular complexity index is 477. The van der Waals surface area contributed by atoms with Crippen LogP contribution in [0.1, 0.15) is 31.9 Å². The van der Waals surface area contributed by atoms with E-state index in [-0.39, 0.29) is 12.1 Å². The molecule has 0 aromatic heterocycles. The smallest absolute Gasteiger partial charge is 0.410 e. The first-order valence-corrected chi connectivity index (χ1v) is 7.60. The highest BCUT2D eigenvalue weighted by Crippen LogP contribution is 2.13. The molecule has 0 spiro atoms. The minimum atomic E-state index is -0.436. The molecule has 4 nitrogen and oxygen atoms in total. The summed E-state index contributed by atoms with van der Waals surface area (Å²) in [6, 6.07) is 8.86. The molecule has 1 aliphatic heterocycles. The van der Waals surface area contributed by atoms with Gasteiger partial charge in [-0.2, -0.15) is 0 Å². The summed E-state index contributed by atoms with van der Waals surface area (Å²) in [6.07, 6.45) is 0.720. The molecule has 0 radical (unpaired) electrons. The predicted octanol–water partition coefficient (Wildman–Crippen LogP) is 2.75. The topological polar surface area (TPSA) is 41.6 Å². The van der Waals surface area contributed by atoms with E-state index in [0.29, 0.717) is 13.1 Å². The molecule has 1 aromatic rings. The van der Waals surface area contributed by atoms with E-state index < -0.39 is 5.60 Å². The van der Waals surface area contributed by atoms with Crippen molar-refractivity contribution >= 4 is 6.09 Å². The van der Waals surface area contributed by atoms with E-state index in [1.165, 1.54) is 11.1 Å². The molecule has 0 saturated carbocycles.